The van der Waals surface area contributed by atoms with Gasteiger partial charge in [-0.25, -0.2) is 10.9 Å². The number of benzene rings is 2. The molecule has 23 heavy (non-hydrogen) atoms. The van der Waals surface area contributed by atoms with Crippen molar-refractivity contribution in [2.24, 2.45) is 0 Å². The summed E-state index contributed by atoms with van der Waals surface area (Å²) in [6.45, 7) is 0. The molecule has 3 rings (SSSR count). The topological polar surface area (TPSA) is 62.4 Å². The van der Waals surface area contributed by atoms with E-state index < -0.39 is 0 Å². The lowest BCUT2D eigenvalue weighted by molar-refractivity contribution is 0.0929. The second-order valence-electron chi connectivity index (χ2n) is 5.36. The fraction of sp³-hybridized carbons (Fsp3) is 0.235. The summed E-state index contributed by atoms with van der Waals surface area (Å²) in [7, 11) is 1.53. The summed E-state index contributed by atoms with van der Waals surface area (Å²) in [6, 6.07) is 15.2. The van der Waals surface area contributed by atoms with Crippen LogP contribution in [-0.2, 0) is 0 Å². The maximum atomic E-state index is 12.5. The molecule has 2 aromatic carbocycles. The number of hydrogen-bond donors (Lipinski definition) is 3. The molecule has 5 nitrogen and oxygen atoms in total. The van der Waals surface area contributed by atoms with Gasteiger partial charge in [-0.2, -0.15) is 0 Å². The fourth-order valence-corrected chi connectivity index (χ4v) is 2.82. The number of methoxy groups -OCH3 is 1. The summed E-state index contributed by atoms with van der Waals surface area (Å²) in [5.74, 6) is 0.273. The average molecular weight is 332 g/mol. The van der Waals surface area contributed by atoms with Gasteiger partial charge in [-0.1, -0.05) is 41.9 Å². The molecule has 1 fully saturated rings. The van der Waals surface area contributed by atoms with Gasteiger partial charge in [0.15, 0.2) is 0 Å². The van der Waals surface area contributed by atoms with Crippen LogP contribution in [0.1, 0.15) is 28.4 Å². The Kier molecular flexibility index (Phi) is 4.81. The Morgan fingerprint density at radius 1 is 1.22 bits per heavy atom. The third-order valence-electron chi connectivity index (χ3n) is 3.82. The van der Waals surface area contributed by atoms with Crippen LogP contribution in [0.15, 0.2) is 48.5 Å². The van der Waals surface area contributed by atoms with Gasteiger partial charge in [-0.3, -0.25) is 4.79 Å². The van der Waals surface area contributed by atoms with Crippen molar-refractivity contribution in [1.82, 2.24) is 16.2 Å². The highest BCUT2D eigenvalue weighted by Crippen LogP contribution is 2.24. The first-order chi connectivity index (χ1) is 11.2. The Bertz CT molecular complexity index is 693. The highest BCUT2D eigenvalue weighted by molar-refractivity contribution is 6.31. The average Bonchev–Trinajstić information content (AvgIpc) is 3.04. The van der Waals surface area contributed by atoms with E-state index in [2.05, 4.69) is 28.3 Å². The lowest BCUT2D eigenvalue weighted by Gasteiger charge is -2.14. The molecule has 0 aromatic heterocycles. The standard InChI is InChI=1S/C17H18ClN3O2/c1-23-15-8-7-12(18)9-13(15)17(22)19-16-10-14(20-21-16)11-5-3-2-4-6-11/h2-9,14,16,20-21H,10H2,1H3,(H,19,22). The minimum absolute atomic E-state index is 0.155. The molecule has 2 unspecified atom stereocenters. The molecule has 0 saturated carbocycles. The van der Waals surface area contributed by atoms with E-state index in [-0.39, 0.29) is 18.1 Å². The zero-order chi connectivity index (χ0) is 16.2. The Labute approximate surface area is 140 Å². The predicted octanol–water partition coefficient (Wildman–Crippen LogP) is 2.64. The van der Waals surface area contributed by atoms with Crippen molar-refractivity contribution in [3.63, 3.8) is 0 Å². The van der Waals surface area contributed by atoms with Gasteiger partial charge in [-0.15, -0.1) is 0 Å². The van der Waals surface area contributed by atoms with Crippen LogP contribution >= 0.6 is 11.6 Å². The molecule has 0 spiro atoms. The normalized spacial score (nSPS) is 20.3. The van der Waals surface area contributed by atoms with Crippen molar-refractivity contribution in [2.45, 2.75) is 18.6 Å². The van der Waals surface area contributed by atoms with Gasteiger partial charge in [0.05, 0.1) is 18.8 Å². The van der Waals surface area contributed by atoms with Crippen molar-refractivity contribution in [2.75, 3.05) is 7.11 Å². The summed E-state index contributed by atoms with van der Waals surface area (Å²) in [5, 5.41) is 3.44. The monoisotopic (exact) mass is 331 g/mol. The zero-order valence-corrected chi connectivity index (χ0v) is 13.4. The van der Waals surface area contributed by atoms with Gasteiger partial charge in [0.1, 0.15) is 5.75 Å². The van der Waals surface area contributed by atoms with E-state index >= 15 is 0 Å². The molecule has 0 radical (unpaired) electrons. The lowest BCUT2D eigenvalue weighted by Crippen LogP contribution is -2.44. The van der Waals surface area contributed by atoms with Crippen molar-refractivity contribution in [3.05, 3.63) is 64.7 Å². The Morgan fingerprint density at radius 2 is 2.00 bits per heavy atom. The van der Waals surface area contributed by atoms with E-state index in [0.29, 0.717) is 16.3 Å². The first-order valence-electron chi connectivity index (χ1n) is 7.38. The lowest BCUT2D eigenvalue weighted by atomic mass is 10.0. The van der Waals surface area contributed by atoms with Gasteiger partial charge in [0, 0.05) is 17.5 Å². The number of halogens is 1. The summed E-state index contributed by atoms with van der Waals surface area (Å²) < 4.78 is 5.22. The summed E-state index contributed by atoms with van der Waals surface area (Å²) in [4.78, 5) is 12.5. The van der Waals surface area contributed by atoms with Gasteiger partial charge in [-0.05, 0) is 23.8 Å². The smallest absolute Gasteiger partial charge is 0.256 e. The van der Waals surface area contributed by atoms with E-state index in [9.17, 15) is 4.79 Å². The first-order valence-corrected chi connectivity index (χ1v) is 7.75. The number of carbonyl (C=O) groups excluding carboxylic acids is 1. The van der Waals surface area contributed by atoms with E-state index in [4.69, 9.17) is 16.3 Å². The molecule has 1 aliphatic heterocycles. The number of carbonyl (C=O) groups is 1. The van der Waals surface area contributed by atoms with Crippen LogP contribution in [-0.4, -0.2) is 19.2 Å². The van der Waals surface area contributed by atoms with Crippen LogP contribution in [0.5, 0.6) is 5.75 Å². The summed E-state index contributed by atoms with van der Waals surface area (Å²) >= 11 is 5.97. The predicted molar refractivity (Wildman–Crippen MR) is 89.3 cm³/mol. The van der Waals surface area contributed by atoms with Crippen LogP contribution in [0.4, 0.5) is 0 Å². The Hall–Kier alpha value is -2.08. The number of hydrogen-bond acceptors (Lipinski definition) is 4. The molecule has 1 saturated heterocycles. The van der Waals surface area contributed by atoms with Gasteiger partial charge in [0.2, 0.25) is 0 Å². The number of rotatable bonds is 4. The molecule has 2 aromatic rings. The maximum Gasteiger partial charge on any atom is 0.256 e. The molecular weight excluding hydrogens is 314 g/mol. The van der Waals surface area contributed by atoms with Crippen LogP contribution in [0.3, 0.4) is 0 Å². The van der Waals surface area contributed by atoms with Gasteiger partial charge in [0.25, 0.3) is 5.91 Å². The molecule has 3 N–H and O–H groups in total. The Balaban J connectivity index is 1.67. The molecule has 0 aliphatic carbocycles. The number of amides is 1. The molecule has 120 valence electrons. The van der Waals surface area contributed by atoms with E-state index in [1.54, 1.807) is 18.2 Å². The second kappa shape index (κ2) is 7.00. The molecule has 2 atom stereocenters. The molecule has 6 heteroatoms. The maximum absolute atomic E-state index is 12.5. The van der Waals surface area contributed by atoms with Crippen LogP contribution in [0.2, 0.25) is 5.02 Å². The van der Waals surface area contributed by atoms with Crippen LogP contribution in [0, 0.1) is 0 Å². The van der Waals surface area contributed by atoms with Crippen LogP contribution < -0.4 is 20.9 Å². The zero-order valence-electron chi connectivity index (χ0n) is 12.7. The minimum Gasteiger partial charge on any atom is -0.496 e. The molecule has 1 aliphatic rings. The highest BCUT2D eigenvalue weighted by Gasteiger charge is 2.27. The first kappa shape index (κ1) is 15.8. The van der Waals surface area contributed by atoms with Crippen molar-refractivity contribution < 1.29 is 9.53 Å². The quantitative estimate of drug-likeness (QED) is 0.806. The van der Waals surface area contributed by atoms with Crippen molar-refractivity contribution in [3.8, 4) is 5.75 Å². The van der Waals surface area contributed by atoms with Crippen molar-refractivity contribution >= 4 is 17.5 Å². The summed E-state index contributed by atoms with van der Waals surface area (Å²) in [6.07, 6.45) is 0.579. The second-order valence-corrected chi connectivity index (χ2v) is 5.79. The third-order valence-corrected chi connectivity index (χ3v) is 4.05. The number of hydrazine groups is 1. The molecule has 1 heterocycles. The molecule has 0 bridgehead atoms. The number of ether oxygens (including phenoxy) is 1. The Morgan fingerprint density at radius 3 is 2.74 bits per heavy atom. The molecule has 1 amide bonds. The SMILES string of the molecule is COc1ccc(Cl)cc1C(=O)NC1CC(c2ccccc2)NN1. The van der Waals surface area contributed by atoms with Gasteiger partial charge >= 0.3 is 0 Å². The van der Waals surface area contributed by atoms with E-state index in [0.717, 1.165) is 6.42 Å². The third kappa shape index (κ3) is 3.64. The highest BCUT2D eigenvalue weighted by atomic mass is 35.5. The minimum atomic E-state index is -0.225. The van der Waals surface area contributed by atoms with E-state index in [1.807, 2.05) is 18.2 Å². The molecular formula is C17H18ClN3O2. The summed E-state index contributed by atoms with van der Waals surface area (Å²) in [5.41, 5.74) is 7.90. The van der Waals surface area contributed by atoms with Crippen LogP contribution in [0.25, 0.3) is 0 Å². The fourth-order valence-electron chi connectivity index (χ4n) is 2.65. The van der Waals surface area contributed by atoms with Crippen molar-refractivity contribution in [1.29, 1.82) is 0 Å². The van der Waals surface area contributed by atoms with E-state index in [1.165, 1.54) is 12.7 Å². The largest absolute Gasteiger partial charge is 0.496 e. The number of nitrogens with one attached hydrogen (secondary N) is 3. The van der Waals surface area contributed by atoms with Gasteiger partial charge < -0.3 is 10.1 Å².